The van der Waals surface area contributed by atoms with Crippen molar-refractivity contribution in [2.75, 3.05) is 25.0 Å². The molecule has 1 rings (SSSR count). The van der Waals surface area contributed by atoms with E-state index < -0.39 is 0 Å². The molecule has 0 heterocycles. The van der Waals surface area contributed by atoms with Gasteiger partial charge >= 0.3 is 0 Å². The Morgan fingerprint density at radius 3 is 2.55 bits per heavy atom. The van der Waals surface area contributed by atoms with Crippen LogP contribution in [0.15, 0.2) is 24.3 Å². The molecule has 0 unspecified atom stereocenters. The Morgan fingerprint density at radius 1 is 1.25 bits per heavy atom. The van der Waals surface area contributed by atoms with Gasteiger partial charge in [0, 0.05) is 18.3 Å². The van der Waals surface area contributed by atoms with Crippen LogP contribution >= 0.6 is 0 Å². The lowest BCUT2D eigenvalue weighted by Gasteiger charge is -2.18. The number of hydrogen-bond acceptors (Lipinski definition) is 3. The van der Waals surface area contributed by atoms with Crippen molar-refractivity contribution < 1.29 is 4.79 Å². The molecule has 0 aliphatic heterocycles. The van der Waals surface area contributed by atoms with Gasteiger partial charge in [0.05, 0.1) is 6.54 Å². The summed E-state index contributed by atoms with van der Waals surface area (Å²) in [4.78, 5) is 14.1. The first-order valence-corrected chi connectivity index (χ1v) is 7.39. The Morgan fingerprint density at radius 2 is 1.95 bits per heavy atom. The van der Waals surface area contributed by atoms with Crippen molar-refractivity contribution in [1.82, 2.24) is 10.2 Å². The number of anilines is 1. The number of carbonyl (C=O) groups excluding carboxylic acids is 1. The largest absolute Gasteiger partial charge is 0.325 e. The van der Waals surface area contributed by atoms with Crippen LogP contribution in [0, 0.1) is 0 Å². The van der Waals surface area contributed by atoms with E-state index in [1.54, 1.807) is 0 Å². The lowest BCUT2D eigenvalue weighted by atomic mass is 10.2. The minimum absolute atomic E-state index is 0.00121. The van der Waals surface area contributed by atoms with Crippen molar-refractivity contribution in [2.24, 2.45) is 0 Å². The first-order chi connectivity index (χ1) is 9.55. The first kappa shape index (κ1) is 16.7. The maximum atomic E-state index is 11.8. The van der Waals surface area contributed by atoms with Crippen molar-refractivity contribution in [1.29, 1.82) is 0 Å². The summed E-state index contributed by atoms with van der Waals surface area (Å²) in [5, 5.41) is 6.04. The summed E-state index contributed by atoms with van der Waals surface area (Å²) in [7, 11) is 0. The zero-order valence-electron chi connectivity index (χ0n) is 13.1. The second-order valence-corrected chi connectivity index (χ2v) is 5.25. The minimum Gasteiger partial charge on any atom is -0.325 e. The molecular weight excluding hydrogens is 250 g/mol. The van der Waals surface area contributed by atoms with E-state index in [2.05, 4.69) is 35.4 Å². The second-order valence-electron chi connectivity index (χ2n) is 5.25. The Hall–Kier alpha value is -1.39. The molecule has 0 spiro atoms. The van der Waals surface area contributed by atoms with E-state index >= 15 is 0 Å². The summed E-state index contributed by atoms with van der Waals surface area (Å²) in [6.07, 6.45) is 0. The van der Waals surface area contributed by atoms with E-state index in [0.29, 0.717) is 12.6 Å². The van der Waals surface area contributed by atoms with Gasteiger partial charge in [0.1, 0.15) is 0 Å². The number of hydrogen-bond donors (Lipinski definition) is 2. The predicted molar refractivity (Wildman–Crippen MR) is 84.8 cm³/mol. The number of amides is 1. The molecule has 0 aliphatic carbocycles. The third-order valence-corrected chi connectivity index (χ3v) is 3.18. The fourth-order valence-corrected chi connectivity index (χ4v) is 1.95. The molecule has 4 heteroatoms. The van der Waals surface area contributed by atoms with Crippen LogP contribution < -0.4 is 10.6 Å². The van der Waals surface area contributed by atoms with E-state index in [1.165, 1.54) is 5.56 Å². The molecule has 0 fully saturated rings. The summed E-state index contributed by atoms with van der Waals surface area (Å²) in [5.74, 6) is -0.00121. The fourth-order valence-electron chi connectivity index (χ4n) is 1.95. The Bertz CT molecular complexity index is 414. The summed E-state index contributed by atoms with van der Waals surface area (Å²) in [6.45, 7) is 11.7. The molecule has 1 aromatic rings. The number of nitrogens with zero attached hydrogens (tertiary/aromatic N) is 1. The van der Waals surface area contributed by atoms with E-state index in [1.807, 2.05) is 32.0 Å². The van der Waals surface area contributed by atoms with Gasteiger partial charge in [-0.1, -0.05) is 39.8 Å². The number of nitrogens with one attached hydrogen (secondary N) is 2. The maximum absolute atomic E-state index is 11.8. The van der Waals surface area contributed by atoms with E-state index in [9.17, 15) is 4.79 Å². The molecule has 0 saturated heterocycles. The normalized spacial score (nSPS) is 11.1. The number of rotatable bonds is 8. The number of benzene rings is 1. The third-order valence-electron chi connectivity index (χ3n) is 3.18. The zero-order chi connectivity index (χ0) is 15.0. The van der Waals surface area contributed by atoms with Crippen LogP contribution in [0.25, 0.3) is 0 Å². The van der Waals surface area contributed by atoms with Gasteiger partial charge in [-0.3, -0.25) is 9.69 Å². The quantitative estimate of drug-likeness (QED) is 0.767. The van der Waals surface area contributed by atoms with Gasteiger partial charge in [-0.2, -0.15) is 0 Å². The van der Waals surface area contributed by atoms with Gasteiger partial charge in [-0.25, -0.2) is 0 Å². The molecule has 0 radical (unpaired) electrons. The standard InChI is InChI=1S/C16H27N3O/c1-5-19(6-2)12-14-8-7-9-15(10-14)18-16(20)11-17-13(3)4/h7-10,13,17H,5-6,11-12H2,1-4H3,(H,18,20). The van der Waals surface area contributed by atoms with Crippen LogP contribution in [0.1, 0.15) is 33.3 Å². The van der Waals surface area contributed by atoms with E-state index in [-0.39, 0.29) is 5.91 Å². The smallest absolute Gasteiger partial charge is 0.238 e. The van der Waals surface area contributed by atoms with Crippen molar-refractivity contribution in [2.45, 2.75) is 40.3 Å². The lowest BCUT2D eigenvalue weighted by molar-refractivity contribution is -0.115. The molecule has 0 saturated carbocycles. The lowest BCUT2D eigenvalue weighted by Crippen LogP contribution is -2.32. The average molecular weight is 277 g/mol. The second kappa shape index (κ2) is 8.72. The average Bonchev–Trinajstić information content (AvgIpc) is 2.43. The molecule has 0 atom stereocenters. The van der Waals surface area contributed by atoms with Gasteiger partial charge in [0.25, 0.3) is 0 Å². The zero-order valence-corrected chi connectivity index (χ0v) is 13.1. The summed E-state index contributed by atoms with van der Waals surface area (Å²) < 4.78 is 0. The molecular formula is C16H27N3O. The molecule has 0 bridgehead atoms. The van der Waals surface area contributed by atoms with E-state index in [4.69, 9.17) is 0 Å². The highest BCUT2D eigenvalue weighted by Crippen LogP contribution is 2.12. The Labute approximate surface area is 122 Å². The molecule has 2 N–H and O–H groups in total. The molecule has 4 nitrogen and oxygen atoms in total. The molecule has 112 valence electrons. The highest BCUT2D eigenvalue weighted by Gasteiger charge is 2.05. The topological polar surface area (TPSA) is 44.4 Å². The Kier molecular flexibility index (Phi) is 7.26. The van der Waals surface area contributed by atoms with Gasteiger partial charge in [-0.15, -0.1) is 0 Å². The monoisotopic (exact) mass is 277 g/mol. The van der Waals surface area contributed by atoms with Crippen molar-refractivity contribution >= 4 is 11.6 Å². The number of carbonyl (C=O) groups is 1. The predicted octanol–water partition coefficient (Wildman–Crippen LogP) is 2.46. The van der Waals surface area contributed by atoms with Gasteiger partial charge in [-0.05, 0) is 30.8 Å². The van der Waals surface area contributed by atoms with E-state index in [0.717, 1.165) is 25.3 Å². The van der Waals surface area contributed by atoms with Crippen LogP contribution in [0.4, 0.5) is 5.69 Å². The fraction of sp³-hybridized carbons (Fsp3) is 0.562. The first-order valence-electron chi connectivity index (χ1n) is 7.39. The highest BCUT2D eigenvalue weighted by atomic mass is 16.1. The van der Waals surface area contributed by atoms with Crippen molar-refractivity contribution in [3.8, 4) is 0 Å². The van der Waals surface area contributed by atoms with Crippen molar-refractivity contribution in [3.63, 3.8) is 0 Å². The highest BCUT2D eigenvalue weighted by molar-refractivity contribution is 5.92. The Balaban J connectivity index is 2.57. The minimum atomic E-state index is -0.00121. The van der Waals surface area contributed by atoms with Crippen LogP contribution in [0.5, 0.6) is 0 Å². The van der Waals surface area contributed by atoms with Crippen LogP contribution in [-0.4, -0.2) is 36.5 Å². The van der Waals surface area contributed by atoms with Crippen LogP contribution in [0.3, 0.4) is 0 Å². The molecule has 0 aliphatic rings. The summed E-state index contributed by atoms with van der Waals surface area (Å²) in [6, 6.07) is 8.38. The van der Waals surface area contributed by atoms with Gasteiger partial charge < -0.3 is 10.6 Å². The maximum Gasteiger partial charge on any atom is 0.238 e. The molecule has 1 aromatic carbocycles. The molecule has 0 aromatic heterocycles. The van der Waals surface area contributed by atoms with Gasteiger partial charge in [0.15, 0.2) is 0 Å². The summed E-state index contributed by atoms with van der Waals surface area (Å²) >= 11 is 0. The SMILES string of the molecule is CCN(CC)Cc1cccc(NC(=O)CNC(C)C)c1. The van der Waals surface area contributed by atoms with Crippen LogP contribution in [-0.2, 0) is 11.3 Å². The molecule has 1 amide bonds. The van der Waals surface area contributed by atoms with Crippen molar-refractivity contribution in [3.05, 3.63) is 29.8 Å². The van der Waals surface area contributed by atoms with Crippen LogP contribution in [0.2, 0.25) is 0 Å². The summed E-state index contributed by atoms with van der Waals surface area (Å²) in [5.41, 5.74) is 2.09. The third kappa shape index (κ3) is 6.17. The molecule has 20 heavy (non-hydrogen) atoms. The van der Waals surface area contributed by atoms with Gasteiger partial charge in [0.2, 0.25) is 5.91 Å².